The summed E-state index contributed by atoms with van der Waals surface area (Å²) in [5.41, 5.74) is -0.895. The van der Waals surface area contributed by atoms with Gasteiger partial charge in [0, 0.05) is 0 Å². The zero-order valence-corrected chi connectivity index (χ0v) is 7.81. The Kier molecular flexibility index (Phi) is 4.83. The largest absolute Gasteiger partial charge is 0.394 e. The van der Waals surface area contributed by atoms with Crippen LogP contribution >= 0.6 is 0 Å². The van der Waals surface area contributed by atoms with Gasteiger partial charge >= 0.3 is 6.43 Å². The van der Waals surface area contributed by atoms with Crippen LogP contribution in [0.4, 0.5) is 8.78 Å². The van der Waals surface area contributed by atoms with Crippen LogP contribution in [0.3, 0.4) is 0 Å². The van der Waals surface area contributed by atoms with Gasteiger partial charge in [0.15, 0.2) is 0 Å². The van der Waals surface area contributed by atoms with Crippen molar-refractivity contribution in [1.82, 2.24) is 5.32 Å². The van der Waals surface area contributed by atoms with Gasteiger partial charge in [-0.05, 0) is 12.8 Å². The van der Waals surface area contributed by atoms with Gasteiger partial charge in [0.2, 0.25) is 0 Å². The molecule has 0 saturated carbocycles. The number of nitrogens with one attached hydrogen (secondary N) is 1. The molecule has 0 saturated heterocycles. The van der Waals surface area contributed by atoms with E-state index in [1.807, 2.05) is 0 Å². The lowest BCUT2D eigenvalue weighted by atomic mass is 9.94. The lowest BCUT2D eigenvalue weighted by Crippen LogP contribution is -2.52. The molecule has 0 aliphatic rings. The van der Waals surface area contributed by atoms with E-state index in [0.29, 0.717) is 12.8 Å². The van der Waals surface area contributed by atoms with Crippen LogP contribution in [0.1, 0.15) is 26.7 Å². The Morgan fingerprint density at radius 3 is 2.15 bits per heavy atom. The van der Waals surface area contributed by atoms with E-state index in [1.165, 1.54) is 0 Å². The van der Waals surface area contributed by atoms with Gasteiger partial charge in [0.1, 0.15) is 0 Å². The topological polar surface area (TPSA) is 49.3 Å². The summed E-state index contributed by atoms with van der Waals surface area (Å²) in [4.78, 5) is 10.7. The summed E-state index contributed by atoms with van der Waals surface area (Å²) in [6.45, 7) is 3.13. The molecule has 13 heavy (non-hydrogen) atoms. The molecule has 2 N–H and O–H groups in total. The number of carbonyl (C=O) groups excluding carboxylic acids is 1. The SMILES string of the molecule is CCC(CC)(CO)NC(=O)C(F)F. The maximum Gasteiger partial charge on any atom is 0.315 e. The quantitative estimate of drug-likeness (QED) is 0.685. The highest BCUT2D eigenvalue weighted by molar-refractivity contribution is 5.79. The van der Waals surface area contributed by atoms with Crippen LogP contribution in [0.25, 0.3) is 0 Å². The molecular formula is C8H15F2NO2. The minimum Gasteiger partial charge on any atom is -0.394 e. The standard InChI is InChI=1S/C8H15F2NO2/c1-3-8(4-2,5-12)11-7(13)6(9)10/h6,12H,3-5H2,1-2H3,(H,11,13). The first-order valence-corrected chi connectivity index (χ1v) is 4.22. The van der Waals surface area contributed by atoms with Crippen molar-refractivity contribution >= 4 is 5.91 Å². The van der Waals surface area contributed by atoms with Gasteiger partial charge in [-0.2, -0.15) is 8.78 Å². The van der Waals surface area contributed by atoms with Gasteiger partial charge in [-0.3, -0.25) is 4.79 Å². The van der Waals surface area contributed by atoms with E-state index in [1.54, 1.807) is 13.8 Å². The van der Waals surface area contributed by atoms with Gasteiger partial charge in [0.25, 0.3) is 5.91 Å². The van der Waals surface area contributed by atoms with E-state index < -0.39 is 17.9 Å². The normalized spacial score (nSPS) is 11.8. The van der Waals surface area contributed by atoms with E-state index in [2.05, 4.69) is 5.32 Å². The Hall–Kier alpha value is -0.710. The zero-order valence-electron chi connectivity index (χ0n) is 7.81. The first-order chi connectivity index (χ1) is 6.01. The van der Waals surface area contributed by atoms with Crippen LogP contribution in [0.15, 0.2) is 0 Å². The third kappa shape index (κ3) is 3.26. The monoisotopic (exact) mass is 195 g/mol. The van der Waals surface area contributed by atoms with E-state index in [-0.39, 0.29) is 6.61 Å². The summed E-state index contributed by atoms with van der Waals surface area (Å²) in [5.74, 6) is -1.32. The highest BCUT2D eigenvalue weighted by Gasteiger charge is 2.30. The number of carbonyl (C=O) groups is 1. The molecule has 0 atom stereocenters. The van der Waals surface area contributed by atoms with Crippen molar-refractivity contribution < 1.29 is 18.7 Å². The molecular weight excluding hydrogens is 180 g/mol. The van der Waals surface area contributed by atoms with Crippen molar-refractivity contribution in [2.24, 2.45) is 0 Å². The molecule has 0 spiro atoms. The summed E-state index contributed by atoms with van der Waals surface area (Å²) in [5, 5.41) is 11.1. The van der Waals surface area contributed by atoms with Crippen molar-refractivity contribution in [3.63, 3.8) is 0 Å². The lowest BCUT2D eigenvalue weighted by Gasteiger charge is -2.30. The van der Waals surface area contributed by atoms with Crippen molar-refractivity contribution in [2.45, 2.75) is 38.7 Å². The number of hydrogen-bond acceptors (Lipinski definition) is 2. The average molecular weight is 195 g/mol. The van der Waals surface area contributed by atoms with Gasteiger partial charge < -0.3 is 10.4 Å². The molecule has 0 fully saturated rings. The summed E-state index contributed by atoms with van der Waals surface area (Å²) in [6, 6.07) is 0. The fourth-order valence-electron chi connectivity index (χ4n) is 1.01. The highest BCUT2D eigenvalue weighted by atomic mass is 19.3. The summed E-state index contributed by atoms with van der Waals surface area (Å²) < 4.78 is 23.7. The Morgan fingerprint density at radius 1 is 1.46 bits per heavy atom. The van der Waals surface area contributed by atoms with E-state index in [4.69, 9.17) is 5.11 Å². The van der Waals surface area contributed by atoms with E-state index in [0.717, 1.165) is 0 Å². The van der Waals surface area contributed by atoms with Gasteiger partial charge in [0.05, 0.1) is 12.1 Å². The van der Waals surface area contributed by atoms with Gasteiger partial charge in [-0.15, -0.1) is 0 Å². The van der Waals surface area contributed by atoms with Crippen molar-refractivity contribution in [3.05, 3.63) is 0 Å². The molecule has 0 aromatic carbocycles. The Balaban J connectivity index is 4.33. The van der Waals surface area contributed by atoms with Crippen LogP contribution in [0, 0.1) is 0 Å². The first-order valence-electron chi connectivity index (χ1n) is 4.22. The predicted molar refractivity (Wildman–Crippen MR) is 44.5 cm³/mol. The predicted octanol–water partition coefficient (Wildman–Crippen LogP) is 0.919. The Labute approximate surface area is 76.1 Å². The molecule has 3 nitrogen and oxygen atoms in total. The average Bonchev–Trinajstić information content (AvgIpc) is 2.14. The maximum atomic E-state index is 11.9. The van der Waals surface area contributed by atoms with Crippen molar-refractivity contribution in [1.29, 1.82) is 0 Å². The fourth-order valence-corrected chi connectivity index (χ4v) is 1.01. The molecule has 0 aromatic heterocycles. The summed E-state index contributed by atoms with van der Waals surface area (Å²) in [6.07, 6.45) is -2.17. The molecule has 0 unspecified atom stereocenters. The Bertz CT molecular complexity index is 161. The number of aliphatic hydroxyl groups is 1. The number of alkyl halides is 2. The third-order valence-electron chi connectivity index (χ3n) is 2.24. The second kappa shape index (κ2) is 5.11. The number of amides is 1. The summed E-state index contributed by atoms with van der Waals surface area (Å²) >= 11 is 0. The molecule has 1 amide bonds. The van der Waals surface area contributed by atoms with E-state index in [9.17, 15) is 13.6 Å². The second-order valence-electron chi connectivity index (χ2n) is 2.94. The molecule has 0 heterocycles. The molecule has 78 valence electrons. The highest BCUT2D eigenvalue weighted by Crippen LogP contribution is 2.14. The maximum absolute atomic E-state index is 11.9. The van der Waals surface area contributed by atoms with E-state index >= 15 is 0 Å². The first kappa shape index (κ1) is 12.3. The molecule has 5 heteroatoms. The number of aliphatic hydroxyl groups excluding tert-OH is 1. The van der Waals surface area contributed by atoms with Crippen LogP contribution in [0.5, 0.6) is 0 Å². The molecule has 0 bridgehead atoms. The second-order valence-corrected chi connectivity index (χ2v) is 2.94. The summed E-state index contributed by atoms with van der Waals surface area (Å²) in [7, 11) is 0. The van der Waals surface area contributed by atoms with Crippen LogP contribution in [-0.2, 0) is 4.79 Å². The lowest BCUT2D eigenvalue weighted by molar-refractivity contribution is -0.134. The number of rotatable bonds is 5. The van der Waals surface area contributed by atoms with Crippen molar-refractivity contribution in [3.8, 4) is 0 Å². The molecule has 0 radical (unpaired) electrons. The molecule has 0 rings (SSSR count). The minimum absolute atomic E-state index is 0.321. The molecule has 0 aliphatic carbocycles. The van der Waals surface area contributed by atoms with Crippen LogP contribution in [0.2, 0.25) is 0 Å². The van der Waals surface area contributed by atoms with Gasteiger partial charge in [-0.25, -0.2) is 0 Å². The Morgan fingerprint density at radius 2 is 1.92 bits per heavy atom. The van der Waals surface area contributed by atoms with Crippen LogP contribution in [-0.4, -0.2) is 29.6 Å². The smallest absolute Gasteiger partial charge is 0.315 e. The van der Waals surface area contributed by atoms with Crippen LogP contribution < -0.4 is 5.32 Å². The van der Waals surface area contributed by atoms with Gasteiger partial charge in [-0.1, -0.05) is 13.8 Å². The minimum atomic E-state index is -3.02. The fraction of sp³-hybridized carbons (Fsp3) is 0.875. The third-order valence-corrected chi connectivity index (χ3v) is 2.24. The zero-order chi connectivity index (χ0) is 10.5. The number of halogens is 2. The number of hydrogen-bond donors (Lipinski definition) is 2. The van der Waals surface area contributed by atoms with Crippen molar-refractivity contribution in [2.75, 3.05) is 6.61 Å². The molecule has 0 aliphatic heterocycles. The molecule has 0 aromatic rings.